The summed E-state index contributed by atoms with van der Waals surface area (Å²) in [6.45, 7) is 24.1. The Kier molecular flexibility index (Phi) is 8.23. The van der Waals surface area contributed by atoms with E-state index in [9.17, 15) is 9.90 Å². The van der Waals surface area contributed by atoms with E-state index < -0.39 is 39.7 Å². The van der Waals surface area contributed by atoms with Crippen molar-refractivity contribution in [3.8, 4) is 11.5 Å². The van der Waals surface area contributed by atoms with Gasteiger partial charge in [-0.15, -0.1) is 5.54 Å². The quantitative estimate of drug-likeness (QED) is 0.331. The highest BCUT2D eigenvalue weighted by Gasteiger charge is 2.55. The lowest BCUT2D eigenvalue weighted by molar-refractivity contribution is -0.178. The summed E-state index contributed by atoms with van der Waals surface area (Å²) < 4.78 is 12.5. The van der Waals surface area contributed by atoms with Gasteiger partial charge in [0.05, 0.1) is 0 Å². The topological polar surface area (TPSA) is 55.8 Å². The molecular formula is C25H42O4Si2. The average molecular weight is 463 g/mol. The van der Waals surface area contributed by atoms with Gasteiger partial charge in [-0.1, -0.05) is 70.6 Å². The van der Waals surface area contributed by atoms with Crippen LogP contribution in [0.4, 0.5) is 0 Å². The zero-order valence-electron chi connectivity index (χ0n) is 21.6. The number of rotatable bonds is 5. The van der Waals surface area contributed by atoms with Crippen LogP contribution in [0.15, 0.2) is 24.3 Å². The second-order valence-electron chi connectivity index (χ2n) is 11.9. The van der Waals surface area contributed by atoms with Crippen molar-refractivity contribution in [2.24, 2.45) is 0 Å². The number of benzene rings is 1. The van der Waals surface area contributed by atoms with E-state index in [2.05, 4.69) is 65.0 Å². The summed E-state index contributed by atoms with van der Waals surface area (Å²) in [5.41, 5.74) is 2.25. The van der Waals surface area contributed by atoms with Gasteiger partial charge in [0.15, 0.2) is 8.32 Å². The molecule has 0 aliphatic heterocycles. The van der Waals surface area contributed by atoms with Gasteiger partial charge >= 0.3 is 5.97 Å². The number of ether oxygens (including phenoxy) is 1. The fourth-order valence-electron chi connectivity index (χ4n) is 2.66. The van der Waals surface area contributed by atoms with E-state index in [1.54, 1.807) is 0 Å². The lowest BCUT2D eigenvalue weighted by atomic mass is 9.89. The number of hydrogen-bond donors (Lipinski definition) is 1. The largest absolute Gasteiger partial charge is 0.457 e. The number of esters is 1. The molecule has 0 radical (unpaired) electrons. The lowest BCUT2D eigenvalue weighted by Gasteiger charge is -2.44. The molecule has 4 nitrogen and oxygen atoms in total. The number of carbonyl (C=O) groups excluding carboxylic acids is 1. The molecule has 0 spiro atoms. The van der Waals surface area contributed by atoms with Crippen LogP contribution < -0.4 is 0 Å². The third-order valence-corrected chi connectivity index (χ3v) is 10.7. The lowest BCUT2D eigenvalue weighted by Crippen LogP contribution is -2.57. The maximum Gasteiger partial charge on any atom is 0.353 e. The maximum absolute atomic E-state index is 13.8. The van der Waals surface area contributed by atoms with E-state index in [-0.39, 0.29) is 5.04 Å². The predicted octanol–water partition coefficient (Wildman–Crippen LogP) is 6.01. The Morgan fingerprint density at radius 3 is 1.94 bits per heavy atom. The molecule has 0 saturated carbocycles. The van der Waals surface area contributed by atoms with Crippen molar-refractivity contribution in [2.75, 3.05) is 0 Å². The van der Waals surface area contributed by atoms with E-state index in [1.807, 2.05) is 52.0 Å². The van der Waals surface area contributed by atoms with Crippen LogP contribution in [-0.4, -0.2) is 38.7 Å². The van der Waals surface area contributed by atoms with Crippen LogP contribution in [0.25, 0.3) is 0 Å². The summed E-state index contributed by atoms with van der Waals surface area (Å²) in [7, 11) is -4.43. The fourth-order valence-corrected chi connectivity index (χ4v) is 4.57. The predicted molar refractivity (Wildman–Crippen MR) is 134 cm³/mol. The summed E-state index contributed by atoms with van der Waals surface area (Å²) in [5.74, 6) is 2.52. The molecule has 0 aliphatic carbocycles. The van der Waals surface area contributed by atoms with Crippen molar-refractivity contribution in [1.82, 2.24) is 0 Å². The summed E-state index contributed by atoms with van der Waals surface area (Å²) in [5, 5.41) is 11.5. The van der Waals surface area contributed by atoms with Gasteiger partial charge in [0.2, 0.25) is 5.60 Å². The Morgan fingerprint density at radius 2 is 1.52 bits per heavy atom. The van der Waals surface area contributed by atoms with E-state index >= 15 is 0 Å². The third-order valence-electron chi connectivity index (χ3n) is 5.42. The minimum Gasteiger partial charge on any atom is -0.457 e. The first-order valence-corrected chi connectivity index (χ1v) is 17.3. The minimum absolute atomic E-state index is 0.188. The first-order valence-electron chi connectivity index (χ1n) is 10.9. The van der Waals surface area contributed by atoms with Gasteiger partial charge < -0.3 is 14.3 Å². The molecule has 174 valence electrons. The summed E-state index contributed by atoms with van der Waals surface area (Å²) in [6, 6.07) is 7.49. The standard InChI is InChI=1S/C25H42O4Si2/c1-19-15-13-14-16-20(19)21(26)25(17-18-30(8,9)10,22(27)28-23(2,3)4)29-31(11,12)24(5,6)7/h13-16,21,26H,1-12H3/t21-,25+/m1/s1. The molecule has 0 heterocycles. The molecule has 0 fully saturated rings. The number of hydrogen-bond acceptors (Lipinski definition) is 4. The number of carbonyl (C=O) groups is 1. The summed E-state index contributed by atoms with van der Waals surface area (Å²) in [6.07, 6.45) is -1.28. The van der Waals surface area contributed by atoms with E-state index in [0.717, 1.165) is 5.56 Å². The highest BCUT2D eigenvalue weighted by molar-refractivity contribution is 6.84. The molecule has 0 bridgehead atoms. The third kappa shape index (κ3) is 7.32. The van der Waals surface area contributed by atoms with Crippen LogP contribution >= 0.6 is 0 Å². The van der Waals surface area contributed by atoms with Crippen LogP contribution in [0.5, 0.6) is 0 Å². The molecule has 1 rings (SSSR count). The molecule has 31 heavy (non-hydrogen) atoms. The van der Waals surface area contributed by atoms with Gasteiger partial charge in [-0.2, -0.15) is 0 Å². The molecule has 1 aromatic carbocycles. The Hall–Kier alpha value is -1.40. The molecule has 2 atom stereocenters. The Balaban J connectivity index is 3.88. The van der Waals surface area contributed by atoms with E-state index in [0.29, 0.717) is 5.56 Å². The molecule has 6 heteroatoms. The number of aliphatic hydroxyl groups is 1. The van der Waals surface area contributed by atoms with Gasteiger partial charge in [0, 0.05) is 0 Å². The Labute approximate surface area is 191 Å². The Bertz CT molecular complexity index is 845. The van der Waals surface area contributed by atoms with Gasteiger partial charge in [-0.25, -0.2) is 4.79 Å². The molecule has 0 aliphatic rings. The smallest absolute Gasteiger partial charge is 0.353 e. The molecule has 0 amide bonds. The molecular weight excluding hydrogens is 420 g/mol. The zero-order valence-corrected chi connectivity index (χ0v) is 23.6. The SMILES string of the molecule is Cc1ccccc1[C@@H](O)[C@](C#C[Si](C)(C)C)(O[Si](C)(C)C(C)(C)C)C(=O)OC(C)(C)C. The molecule has 0 aromatic heterocycles. The molecule has 0 unspecified atom stereocenters. The minimum atomic E-state index is -2.54. The normalized spacial score (nSPS) is 16.0. The monoisotopic (exact) mass is 462 g/mol. The van der Waals surface area contributed by atoms with Crippen molar-refractivity contribution in [1.29, 1.82) is 0 Å². The van der Waals surface area contributed by atoms with Gasteiger partial charge in [-0.3, -0.25) is 0 Å². The summed E-state index contributed by atoms with van der Waals surface area (Å²) in [4.78, 5) is 13.8. The van der Waals surface area contributed by atoms with Gasteiger partial charge in [0.25, 0.3) is 0 Å². The number of aryl methyl sites for hydroxylation is 1. The van der Waals surface area contributed by atoms with Gasteiger partial charge in [-0.05, 0) is 57.0 Å². The van der Waals surface area contributed by atoms with Gasteiger partial charge in [0.1, 0.15) is 19.8 Å². The van der Waals surface area contributed by atoms with E-state index in [4.69, 9.17) is 9.16 Å². The van der Waals surface area contributed by atoms with Crippen LogP contribution in [0.1, 0.15) is 58.8 Å². The average Bonchev–Trinajstić information content (AvgIpc) is 2.55. The zero-order chi connectivity index (χ0) is 24.5. The highest BCUT2D eigenvalue weighted by atomic mass is 28.4. The first kappa shape index (κ1) is 27.6. The van der Waals surface area contributed by atoms with Crippen molar-refractivity contribution >= 4 is 22.4 Å². The van der Waals surface area contributed by atoms with Crippen molar-refractivity contribution < 1.29 is 19.1 Å². The second-order valence-corrected chi connectivity index (χ2v) is 21.3. The highest BCUT2D eigenvalue weighted by Crippen LogP contribution is 2.43. The van der Waals surface area contributed by atoms with E-state index in [1.165, 1.54) is 0 Å². The molecule has 1 aromatic rings. The Morgan fingerprint density at radius 1 is 1.00 bits per heavy atom. The fraction of sp³-hybridized carbons (Fsp3) is 0.640. The maximum atomic E-state index is 13.8. The van der Waals surface area contributed by atoms with Crippen molar-refractivity contribution in [3.05, 3.63) is 35.4 Å². The van der Waals surface area contributed by atoms with Crippen LogP contribution in [-0.2, 0) is 14.0 Å². The van der Waals surface area contributed by atoms with Crippen LogP contribution in [0.3, 0.4) is 0 Å². The second kappa shape index (κ2) is 9.23. The molecule has 1 N–H and O–H groups in total. The van der Waals surface area contributed by atoms with Crippen LogP contribution in [0.2, 0.25) is 37.8 Å². The van der Waals surface area contributed by atoms with Crippen molar-refractivity contribution in [3.63, 3.8) is 0 Å². The van der Waals surface area contributed by atoms with Crippen molar-refractivity contribution in [2.45, 2.75) is 104 Å². The van der Waals surface area contributed by atoms with Crippen LogP contribution in [0, 0.1) is 18.4 Å². The number of aliphatic hydroxyl groups excluding tert-OH is 1. The summed E-state index contributed by atoms with van der Waals surface area (Å²) >= 11 is 0. The first-order chi connectivity index (χ1) is 13.7. The molecule has 0 saturated heterocycles.